The Morgan fingerprint density at radius 3 is 2.19 bits per heavy atom. The summed E-state index contributed by atoms with van der Waals surface area (Å²) in [6, 6.07) is 21.7. The highest BCUT2D eigenvalue weighted by Gasteiger charge is 2.17. The van der Waals surface area contributed by atoms with Crippen molar-refractivity contribution in [3.8, 4) is 11.6 Å². The molecule has 2 N–H and O–H groups in total. The van der Waals surface area contributed by atoms with Crippen LogP contribution in [0.25, 0.3) is 16.5 Å². The number of benzene rings is 3. The van der Waals surface area contributed by atoms with E-state index >= 15 is 0 Å². The molecule has 7 nitrogen and oxygen atoms in total. The largest absolute Gasteiger partial charge is 0.494 e. The van der Waals surface area contributed by atoms with Crippen LogP contribution in [0.2, 0.25) is 0 Å². The molecule has 0 aliphatic rings. The lowest BCUT2D eigenvalue weighted by molar-refractivity contribution is 0.436. The molecule has 0 fully saturated rings. The molecule has 0 spiro atoms. The SMILES string of the molecule is Cc1ccc(-n2c(O)c(/C=N/NS(=O)(=O)c3ccccc3)c3ccccc3c2=O)cc1. The third kappa shape index (κ3) is 3.93. The van der Waals surface area contributed by atoms with Gasteiger partial charge in [-0.3, -0.25) is 4.79 Å². The van der Waals surface area contributed by atoms with Crippen LogP contribution in [0.5, 0.6) is 5.88 Å². The summed E-state index contributed by atoms with van der Waals surface area (Å²) < 4.78 is 26.0. The van der Waals surface area contributed by atoms with Gasteiger partial charge in [-0.05, 0) is 37.3 Å². The number of aromatic nitrogens is 1. The summed E-state index contributed by atoms with van der Waals surface area (Å²) in [5, 5.41) is 15.6. The van der Waals surface area contributed by atoms with Crippen molar-refractivity contribution in [3.63, 3.8) is 0 Å². The zero-order chi connectivity index (χ0) is 22.0. The van der Waals surface area contributed by atoms with E-state index in [-0.39, 0.29) is 21.9 Å². The lowest BCUT2D eigenvalue weighted by atomic mass is 10.1. The number of aromatic hydroxyl groups is 1. The summed E-state index contributed by atoms with van der Waals surface area (Å²) >= 11 is 0. The second kappa shape index (κ2) is 8.08. The van der Waals surface area contributed by atoms with Gasteiger partial charge in [0.15, 0.2) is 0 Å². The van der Waals surface area contributed by atoms with E-state index in [2.05, 4.69) is 9.93 Å². The Balaban J connectivity index is 1.83. The molecule has 1 aromatic heterocycles. The Hall–Kier alpha value is -3.91. The fourth-order valence-corrected chi connectivity index (χ4v) is 4.05. The molecule has 3 aromatic carbocycles. The van der Waals surface area contributed by atoms with Crippen LogP contribution >= 0.6 is 0 Å². The molecule has 1 heterocycles. The zero-order valence-electron chi connectivity index (χ0n) is 16.6. The molecule has 31 heavy (non-hydrogen) atoms. The van der Waals surface area contributed by atoms with Crippen molar-refractivity contribution in [2.45, 2.75) is 11.8 Å². The summed E-state index contributed by atoms with van der Waals surface area (Å²) in [4.78, 5) is 15.3. The van der Waals surface area contributed by atoms with Gasteiger partial charge in [0.2, 0.25) is 5.88 Å². The Bertz CT molecular complexity index is 1440. The van der Waals surface area contributed by atoms with Crippen LogP contribution in [0, 0.1) is 6.92 Å². The molecule has 8 heteroatoms. The lowest BCUT2D eigenvalue weighted by Gasteiger charge is -2.14. The maximum atomic E-state index is 13.1. The highest BCUT2D eigenvalue weighted by molar-refractivity contribution is 7.89. The van der Waals surface area contributed by atoms with Gasteiger partial charge in [-0.1, -0.05) is 54.1 Å². The standard InChI is InChI=1S/C23H19N3O4S/c1-16-11-13-17(14-12-16)26-22(27)20-10-6-5-9-19(20)21(23(26)28)15-24-25-31(29,30)18-7-3-2-4-8-18/h2-15,25,28H,1H3/b24-15+. The van der Waals surface area contributed by atoms with E-state index < -0.39 is 10.0 Å². The molecule has 0 saturated carbocycles. The highest BCUT2D eigenvalue weighted by atomic mass is 32.2. The lowest BCUT2D eigenvalue weighted by Crippen LogP contribution is -2.21. The average Bonchev–Trinajstić information content (AvgIpc) is 2.78. The van der Waals surface area contributed by atoms with Crippen LogP contribution < -0.4 is 10.4 Å². The van der Waals surface area contributed by atoms with Crippen molar-refractivity contribution < 1.29 is 13.5 Å². The predicted molar refractivity (Wildman–Crippen MR) is 120 cm³/mol. The van der Waals surface area contributed by atoms with Gasteiger partial charge in [0.25, 0.3) is 15.6 Å². The van der Waals surface area contributed by atoms with Crippen molar-refractivity contribution in [3.05, 3.63) is 100 Å². The molecule has 0 aliphatic heterocycles. The van der Waals surface area contributed by atoms with Gasteiger partial charge in [-0.2, -0.15) is 13.5 Å². The van der Waals surface area contributed by atoms with E-state index in [0.29, 0.717) is 16.5 Å². The van der Waals surface area contributed by atoms with E-state index in [9.17, 15) is 18.3 Å². The van der Waals surface area contributed by atoms with Crippen LogP contribution in [0.3, 0.4) is 0 Å². The molecule has 0 saturated heterocycles. The number of fused-ring (bicyclic) bond motifs is 1. The van der Waals surface area contributed by atoms with Crippen LogP contribution in [0.15, 0.2) is 93.7 Å². The van der Waals surface area contributed by atoms with Gasteiger partial charge in [-0.25, -0.2) is 9.40 Å². The van der Waals surface area contributed by atoms with E-state index in [1.807, 2.05) is 19.1 Å². The molecule has 4 aromatic rings. The van der Waals surface area contributed by atoms with Gasteiger partial charge in [0.1, 0.15) is 0 Å². The summed E-state index contributed by atoms with van der Waals surface area (Å²) in [6.45, 7) is 1.92. The molecule has 0 amide bonds. The van der Waals surface area contributed by atoms with E-state index in [4.69, 9.17) is 0 Å². The van der Waals surface area contributed by atoms with Crippen molar-refractivity contribution >= 4 is 27.0 Å². The first-order valence-corrected chi connectivity index (χ1v) is 10.9. The third-order valence-corrected chi connectivity index (χ3v) is 6.05. The fourth-order valence-electron chi connectivity index (χ4n) is 3.24. The van der Waals surface area contributed by atoms with Crippen molar-refractivity contribution in [2.75, 3.05) is 0 Å². The maximum Gasteiger partial charge on any atom is 0.276 e. The number of hydrogen-bond acceptors (Lipinski definition) is 5. The Morgan fingerprint density at radius 2 is 1.52 bits per heavy atom. The van der Waals surface area contributed by atoms with E-state index in [0.717, 1.165) is 5.56 Å². The molecule has 0 atom stereocenters. The normalized spacial score (nSPS) is 11.8. The molecule has 4 rings (SSSR count). The third-order valence-electron chi connectivity index (χ3n) is 4.82. The summed E-state index contributed by atoms with van der Waals surface area (Å²) in [7, 11) is -3.87. The van der Waals surface area contributed by atoms with Crippen molar-refractivity contribution in [2.24, 2.45) is 5.10 Å². The molecule has 0 aliphatic carbocycles. The second-order valence-corrected chi connectivity index (χ2v) is 8.59. The number of nitrogens with one attached hydrogen (secondary N) is 1. The fraction of sp³-hybridized carbons (Fsp3) is 0.0435. The monoisotopic (exact) mass is 433 g/mol. The van der Waals surface area contributed by atoms with Gasteiger partial charge < -0.3 is 5.11 Å². The van der Waals surface area contributed by atoms with Crippen LogP contribution in [-0.4, -0.2) is 24.3 Å². The first-order valence-electron chi connectivity index (χ1n) is 9.42. The number of hydrazone groups is 1. The highest BCUT2D eigenvalue weighted by Crippen LogP contribution is 2.26. The first kappa shape index (κ1) is 20.4. The van der Waals surface area contributed by atoms with Crippen LogP contribution in [-0.2, 0) is 10.0 Å². The van der Waals surface area contributed by atoms with Crippen LogP contribution in [0.1, 0.15) is 11.1 Å². The number of pyridine rings is 1. The van der Waals surface area contributed by atoms with Crippen LogP contribution in [0.4, 0.5) is 0 Å². The van der Waals surface area contributed by atoms with E-state index in [1.165, 1.54) is 22.9 Å². The first-order chi connectivity index (χ1) is 14.9. The van der Waals surface area contributed by atoms with Gasteiger partial charge >= 0.3 is 0 Å². The minimum absolute atomic E-state index is 0.0610. The van der Waals surface area contributed by atoms with Crippen molar-refractivity contribution in [1.29, 1.82) is 0 Å². The number of rotatable bonds is 5. The smallest absolute Gasteiger partial charge is 0.276 e. The summed E-state index contributed by atoms with van der Waals surface area (Å²) in [5.41, 5.74) is 1.32. The number of sulfonamides is 1. The Labute approximate surface area is 179 Å². The van der Waals surface area contributed by atoms with Gasteiger partial charge in [0, 0.05) is 10.8 Å². The number of nitrogens with zero attached hydrogens (tertiary/aromatic N) is 2. The molecular weight excluding hydrogens is 414 g/mol. The number of aryl methyl sites for hydroxylation is 1. The Morgan fingerprint density at radius 1 is 0.903 bits per heavy atom. The van der Waals surface area contributed by atoms with E-state index in [1.54, 1.807) is 54.6 Å². The topological polar surface area (TPSA) is 101 Å². The summed E-state index contributed by atoms with van der Waals surface area (Å²) in [5.74, 6) is -0.338. The molecule has 156 valence electrons. The Kier molecular flexibility index (Phi) is 5.31. The zero-order valence-corrected chi connectivity index (χ0v) is 17.4. The second-order valence-electron chi connectivity index (χ2n) is 6.92. The minimum Gasteiger partial charge on any atom is -0.494 e. The average molecular weight is 433 g/mol. The molecule has 0 unspecified atom stereocenters. The predicted octanol–water partition coefficient (Wildman–Crippen LogP) is 3.32. The molecule has 0 radical (unpaired) electrons. The molecular formula is C23H19N3O4S. The maximum absolute atomic E-state index is 13.1. The number of hydrogen-bond donors (Lipinski definition) is 2. The van der Waals surface area contributed by atoms with Gasteiger partial charge in [-0.15, -0.1) is 0 Å². The minimum atomic E-state index is -3.87. The van der Waals surface area contributed by atoms with Crippen molar-refractivity contribution in [1.82, 2.24) is 9.40 Å². The molecule has 0 bridgehead atoms. The quantitative estimate of drug-likeness (QED) is 0.372. The summed E-state index contributed by atoms with van der Waals surface area (Å²) in [6.07, 6.45) is 1.20. The van der Waals surface area contributed by atoms with Gasteiger partial charge in [0.05, 0.1) is 22.4 Å².